The summed E-state index contributed by atoms with van der Waals surface area (Å²) in [6, 6.07) is 6.86. The fourth-order valence-electron chi connectivity index (χ4n) is 1.99. The van der Waals surface area contributed by atoms with Crippen molar-refractivity contribution in [3.8, 4) is 0 Å². The largest absolute Gasteiger partial charge is 0.347 e. The fourth-order valence-corrected chi connectivity index (χ4v) is 2.88. The van der Waals surface area contributed by atoms with Crippen LogP contribution in [0.5, 0.6) is 0 Å². The van der Waals surface area contributed by atoms with Crippen molar-refractivity contribution in [3.05, 3.63) is 46.7 Å². The van der Waals surface area contributed by atoms with E-state index in [1.54, 1.807) is 11.3 Å². The minimum absolute atomic E-state index is 0.201. The number of nitrogens with one attached hydrogen (secondary N) is 1. The van der Waals surface area contributed by atoms with E-state index in [0.717, 1.165) is 29.5 Å². The van der Waals surface area contributed by atoms with Gasteiger partial charge in [-0.05, 0) is 31.2 Å². The number of hydrogen-bond acceptors (Lipinski definition) is 4. The summed E-state index contributed by atoms with van der Waals surface area (Å²) in [5.41, 5.74) is 2.14. The van der Waals surface area contributed by atoms with Crippen molar-refractivity contribution in [2.75, 3.05) is 18.5 Å². The molecule has 0 radical (unpaired) electrons. The minimum Gasteiger partial charge on any atom is -0.347 e. The number of nitrogens with zero attached hydrogens (tertiary/aromatic N) is 2. The molecule has 0 fully saturated rings. The van der Waals surface area contributed by atoms with Crippen molar-refractivity contribution in [3.63, 3.8) is 0 Å². The molecule has 1 heterocycles. The second-order valence-corrected chi connectivity index (χ2v) is 5.65. The summed E-state index contributed by atoms with van der Waals surface area (Å²) in [5, 5.41) is 6.42. The quantitative estimate of drug-likeness (QED) is 0.882. The Morgan fingerprint density at radius 2 is 2.05 bits per heavy atom. The zero-order chi connectivity index (χ0) is 14.5. The molecule has 20 heavy (non-hydrogen) atoms. The Kier molecular flexibility index (Phi) is 5.09. The Morgan fingerprint density at radius 1 is 1.35 bits per heavy atom. The van der Waals surface area contributed by atoms with Crippen molar-refractivity contribution in [2.24, 2.45) is 0 Å². The van der Waals surface area contributed by atoms with Gasteiger partial charge in [-0.3, -0.25) is 0 Å². The number of thiazole rings is 1. The average Bonchev–Trinajstić information content (AvgIpc) is 2.91. The first-order chi connectivity index (χ1) is 9.60. The maximum atomic E-state index is 12.9. The van der Waals surface area contributed by atoms with Crippen molar-refractivity contribution >= 4 is 16.5 Å². The van der Waals surface area contributed by atoms with Gasteiger partial charge in [0, 0.05) is 25.0 Å². The number of hydrogen-bond donors (Lipinski definition) is 1. The standard InChI is InChI=1S/C15H20FN3S/c1-4-17-11(2)14-10-20-15(18-14)19(3)9-12-5-7-13(16)8-6-12/h5-8,10-11,17H,4,9H2,1-3H3. The maximum Gasteiger partial charge on any atom is 0.185 e. The number of benzene rings is 1. The fraction of sp³-hybridized carbons (Fsp3) is 0.400. The van der Waals surface area contributed by atoms with Crippen LogP contribution in [-0.4, -0.2) is 18.6 Å². The summed E-state index contributed by atoms with van der Waals surface area (Å²) < 4.78 is 12.9. The van der Waals surface area contributed by atoms with E-state index in [9.17, 15) is 4.39 Å². The van der Waals surface area contributed by atoms with Crippen LogP contribution in [0.1, 0.15) is 31.1 Å². The molecule has 0 aliphatic rings. The molecule has 1 aromatic heterocycles. The van der Waals surface area contributed by atoms with Crippen molar-refractivity contribution in [1.29, 1.82) is 0 Å². The van der Waals surface area contributed by atoms with Crippen LogP contribution in [0.2, 0.25) is 0 Å². The third-order valence-electron chi connectivity index (χ3n) is 3.12. The minimum atomic E-state index is -0.201. The normalized spacial score (nSPS) is 12.4. The van der Waals surface area contributed by atoms with Crippen LogP contribution < -0.4 is 10.2 Å². The van der Waals surface area contributed by atoms with Gasteiger partial charge in [0.05, 0.1) is 5.69 Å². The Labute approximate surface area is 123 Å². The molecule has 1 N–H and O–H groups in total. The molecule has 0 amide bonds. The van der Waals surface area contributed by atoms with Gasteiger partial charge in [0.2, 0.25) is 0 Å². The summed E-state index contributed by atoms with van der Waals surface area (Å²) in [6.07, 6.45) is 0. The lowest BCUT2D eigenvalue weighted by Gasteiger charge is -2.16. The van der Waals surface area contributed by atoms with E-state index in [1.807, 2.05) is 19.2 Å². The van der Waals surface area contributed by atoms with E-state index in [-0.39, 0.29) is 11.9 Å². The van der Waals surface area contributed by atoms with Crippen LogP contribution in [0.4, 0.5) is 9.52 Å². The van der Waals surface area contributed by atoms with Gasteiger partial charge in [-0.2, -0.15) is 0 Å². The monoisotopic (exact) mass is 293 g/mol. The molecule has 0 saturated carbocycles. The molecule has 1 atom stereocenters. The lowest BCUT2D eigenvalue weighted by Crippen LogP contribution is -2.19. The zero-order valence-electron chi connectivity index (χ0n) is 12.1. The van der Waals surface area contributed by atoms with Crippen molar-refractivity contribution < 1.29 is 4.39 Å². The van der Waals surface area contributed by atoms with Crippen molar-refractivity contribution in [2.45, 2.75) is 26.4 Å². The second-order valence-electron chi connectivity index (χ2n) is 4.82. The molecule has 1 aromatic carbocycles. The lowest BCUT2D eigenvalue weighted by molar-refractivity contribution is 0.586. The first-order valence-corrected chi connectivity index (χ1v) is 7.62. The number of halogens is 1. The van der Waals surface area contributed by atoms with E-state index < -0.39 is 0 Å². The lowest BCUT2D eigenvalue weighted by atomic mass is 10.2. The Bertz CT molecular complexity index is 538. The summed E-state index contributed by atoms with van der Waals surface area (Å²) in [6.45, 7) is 5.86. The summed E-state index contributed by atoms with van der Waals surface area (Å²) in [7, 11) is 2.00. The van der Waals surface area contributed by atoms with Crippen LogP contribution in [0.25, 0.3) is 0 Å². The van der Waals surface area contributed by atoms with E-state index in [2.05, 4.69) is 34.4 Å². The molecule has 0 aliphatic heterocycles. The molecule has 2 aromatic rings. The molecule has 3 nitrogen and oxygen atoms in total. The van der Waals surface area contributed by atoms with Gasteiger partial charge in [-0.25, -0.2) is 9.37 Å². The summed E-state index contributed by atoms with van der Waals surface area (Å²) in [4.78, 5) is 6.73. The van der Waals surface area contributed by atoms with Gasteiger partial charge in [0.25, 0.3) is 0 Å². The third kappa shape index (κ3) is 3.77. The molecule has 108 valence electrons. The highest BCUT2D eigenvalue weighted by molar-refractivity contribution is 7.13. The van der Waals surface area contributed by atoms with E-state index >= 15 is 0 Å². The molecule has 1 unspecified atom stereocenters. The first kappa shape index (κ1) is 14.9. The molecular formula is C15H20FN3S. The van der Waals surface area contributed by atoms with Crippen LogP contribution in [0.3, 0.4) is 0 Å². The number of rotatable bonds is 6. The van der Waals surface area contributed by atoms with Gasteiger partial charge >= 0.3 is 0 Å². The SMILES string of the molecule is CCNC(C)c1csc(N(C)Cc2ccc(F)cc2)n1. The predicted molar refractivity (Wildman–Crippen MR) is 82.7 cm³/mol. The Balaban J connectivity index is 2.02. The van der Waals surface area contributed by atoms with Crippen LogP contribution in [-0.2, 0) is 6.54 Å². The van der Waals surface area contributed by atoms with E-state index in [0.29, 0.717) is 0 Å². The third-order valence-corrected chi connectivity index (χ3v) is 4.10. The highest BCUT2D eigenvalue weighted by Crippen LogP contribution is 2.24. The van der Waals surface area contributed by atoms with Crippen LogP contribution in [0, 0.1) is 5.82 Å². The highest BCUT2D eigenvalue weighted by atomic mass is 32.1. The van der Waals surface area contributed by atoms with E-state index in [1.165, 1.54) is 12.1 Å². The predicted octanol–water partition coefficient (Wildman–Crippen LogP) is 3.59. The Morgan fingerprint density at radius 3 is 2.70 bits per heavy atom. The number of aromatic nitrogens is 1. The van der Waals surface area contributed by atoms with Gasteiger partial charge < -0.3 is 10.2 Å². The second kappa shape index (κ2) is 6.81. The smallest absolute Gasteiger partial charge is 0.185 e. The van der Waals surface area contributed by atoms with Gasteiger partial charge in [0.1, 0.15) is 5.82 Å². The van der Waals surface area contributed by atoms with E-state index in [4.69, 9.17) is 0 Å². The highest BCUT2D eigenvalue weighted by Gasteiger charge is 2.11. The first-order valence-electron chi connectivity index (χ1n) is 6.74. The Hall–Kier alpha value is -1.46. The summed E-state index contributed by atoms with van der Waals surface area (Å²) in [5.74, 6) is -0.201. The molecular weight excluding hydrogens is 273 g/mol. The van der Waals surface area contributed by atoms with Gasteiger partial charge in [-0.15, -0.1) is 11.3 Å². The maximum absolute atomic E-state index is 12.9. The number of anilines is 1. The topological polar surface area (TPSA) is 28.2 Å². The van der Waals surface area contributed by atoms with Crippen LogP contribution in [0.15, 0.2) is 29.6 Å². The molecule has 0 saturated heterocycles. The van der Waals surface area contributed by atoms with Gasteiger partial charge in [0.15, 0.2) is 5.13 Å². The molecule has 5 heteroatoms. The molecule has 0 spiro atoms. The zero-order valence-corrected chi connectivity index (χ0v) is 12.9. The molecule has 0 aliphatic carbocycles. The molecule has 2 rings (SSSR count). The van der Waals surface area contributed by atoms with Crippen LogP contribution >= 0.6 is 11.3 Å². The summed E-state index contributed by atoms with van der Waals surface area (Å²) >= 11 is 1.63. The molecule has 0 bridgehead atoms. The average molecular weight is 293 g/mol. The van der Waals surface area contributed by atoms with Gasteiger partial charge in [-0.1, -0.05) is 19.1 Å². The van der Waals surface area contributed by atoms with Crippen molar-refractivity contribution in [1.82, 2.24) is 10.3 Å².